The molecule has 0 bridgehead atoms. The molecule has 1 fully saturated rings. The highest BCUT2D eigenvalue weighted by molar-refractivity contribution is 5.53. The highest BCUT2D eigenvalue weighted by atomic mass is 15.2. The summed E-state index contributed by atoms with van der Waals surface area (Å²) < 4.78 is 0. The Morgan fingerprint density at radius 2 is 2.33 bits per heavy atom. The topological polar surface area (TPSA) is 43.2 Å². The van der Waals surface area contributed by atoms with E-state index in [9.17, 15) is 0 Å². The van der Waals surface area contributed by atoms with Crippen molar-refractivity contribution in [3.05, 3.63) is 23.4 Å². The largest absolute Gasteiger partial charge is 0.357 e. The Morgan fingerprint density at radius 1 is 1.56 bits per heavy atom. The van der Waals surface area contributed by atoms with E-state index in [1.54, 1.807) is 0 Å². The summed E-state index contributed by atoms with van der Waals surface area (Å²) in [7, 11) is 4.19. The van der Waals surface area contributed by atoms with E-state index >= 15 is 0 Å². The van der Waals surface area contributed by atoms with Gasteiger partial charge in [-0.05, 0) is 45.5 Å². The van der Waals surface area contributed by atoms with Gasteiger partial charge in [-0.25, -0.2) is 4.98 Å². The number of hydrogen-bond acceptors (Lipinski definition) is 4. The van der Waals surface area contributed by atoms with E-state index < -0.39 is 0 Å². The monoisotopic (exact) mass is 244 g/mol. The number of aromatic nitrogens is 1. The molecule has 0 radical (unpaired) electrons. The minimum absolute atomic E-state index is 0.573. The summed E-state index contributed by atoms with van der Waals surface area (Å²) in [6.07, 6.45) is 2.50. The Kier molecular flexibility index (Phi) is 3.83. The summed E-state index contributed by atoms with van der Waals surface area (Å²) in [6, 6.07) is 6.54. The van der Waals surface area contributed by atoms with Gasteiger partial charge in [0.1, 0.15) is 11.9 Å². The van der Waals surface area contributed by atoms with Crippen LogP contribution in [0.5, 0.6) is 0 Å². The van der Waals surface area contributed by atoms with Crippen molar-refractivity contribution in [2.45, 2.75) is 25.8 Å². The Labute approximate surface area is 109 Å². The number of likely N-dealkylation sites (tertiary alicyclic amines) is 1. The van der Waals surface area contributed by atoms with Gasteiger partial charge in [0.05, 0.1) is 5.56 Å². The van der Waals surface area contributed by atoms with Crippen LogP contribution in [-0.4, -0.2) is 43.1 Å². The van der Waals surface area contributed by atoms with Crippen LogP contribution in [0.3, 0.4) is 0 Å². The molecule has 0 amide bonds. The van der Waals surface area contributed by atoms with Crippen LogP contribution in [0.15, 0.2) is 12.1 Å². The second-order valence-electron chi connectivity index (χ2n) is 5.09. The molecule has 1 aliphatic heterocycles. The maximum atomic E-state index is 9.14. The summed E-state index contributed by atoms with van der Waals surface area (Å²) in [6.45, 7) is 4.06. The number of hydrogen-bond donors (Lipinski definition) is 0. The zero-order chi connectivity index (χ0) is 13.1. The Balaban J connectivity index is 2.15. The number of aryl methyl sites for hydroxylation is 1. The van der Waals surface area contributed by atoms with Crippen LogP contribution >= 0.6 is 0 Å². The van der Waals surface area contributed by atoms with E-state index in [1.807, 2.05) is 26.1 Å². The van der Waals surface area contributed by atoms with E-state index in [2.05, 4.69) is 27.9 Å². The molecule has 1 saturated heterocycles. The standard InChI is InChI=1S/C14H20N4/c1-11-6-7-12(9-15)14(16-11)18(3)10-13-5-4-8-17(13)2/h6-7,13H,4-5,8,10H2,1-3H3. The minimum Gasteiger partial charge on any atom is -0.357 e. The van der Waals surface area contributed by atoms with Gasteiger partial charge in [-0.3, -0.25) is 0 Å². The Bertz CT molecular complexity index is 463. The number of nitriles is 1. The summed E-state index contributed by atoms with van der Waals surface area (Å²) in [5.41, 5.74) is 1.61. The van der Waals surface area contributed by atoms with Crippen LogP contribution < -0.4 is 4.90 Å². The van der Waals surface area contributed by atoms with Crippen molar-refractivity contribution in [2.75, 3.05) is 32.1 Å². The molecule has 0 aromatic carbocycles. The molecule has 18 heavy (non-hydrogen) atoms. The first-order valence-electron chi connectivity index (χ1n) is 6.41. The van der Waals surface area contributed by atoms with Gasteiger partial charge in [-0.15, -0.1) is 0 Å². The molecule has 1 unspecified atom stereocenters. The van der Waals surface area contributed by atoms with Crippen molar-refractivity contribution in [3.8, 4) is 6.07 Å². The van der Waals surface area contributed by atoms with Gasteiger partial charge in [0, 0.05) is 25.3 Å². The SMILES string of the molecule is Cc1ccc(C#N)c(N(C)CC2CCCN2C)n1. The fourth-order valence-electron chi connectivity index (χ4n) is 2.53. The van der Waals surface area contributed by atoms with Gasteiger partial charge < -0.3 is 9.80 Å². The summed E-state index contributed by atoms with van der Waals surface area (Å²) >= 11 is 0. The van der Waals surface area contributed by atoms with E-state index in [0.29, 0.717) is 11.6 Å². The first kappa shape index (κ1) is 12.8. The predicted octanol–water partition coefficient (Wildman–Crippen LogP) is 1.79. The number of nitrogens with zero attached hydrogens (tertiary/aromatic N) is 4. The smallest absolute Gasteiger partial charge is 0.146 e. The molecule has 4 nitrogen and oxygen atoms in total. The van der Waals surface area contributed by atoms with E-state index in [1.165, 1.54) is 19.4 Å². The highest BCUT2D eigenvalue weighted by Gasteiger charge is 2.23. The Hall–Kier alpha value is -1.60. The van der Waals surface area contributed by atoms with Crippen molar-refractivity contribution >= 4 is 5.82 Å². The zero-order valence-corrected chi connectivity index (χ0v) is 11.3. The second-order valence-corrected chi connectivity index (χ2v) is 5.09. The third-order valence-electron chi connectivity index (χ3n) is 3.65. The number of likely N-dealkylation sites (N-methyl/N-ethyl adjacent to an activating group) is 2. The lowest BCUT2D eigenvalue weighted by Gasteiger charge is -2.27. The first-order valence-corrected chi connectivity index (χ1v) is 6.41. The molecule has 0 N–H and O–H groups in total. The number of pyridine rings is 1. The highest BCUT2D eigenvalue weighted by Crippen LogP contribution is 2.20. The number of anilines is 1. The van der Waals surface area contributed by atoms with Crippen LogP contribution in [0.25, 0.3) is 0 Å². The quantitative estimate of drug-likeness (QED) is 0.813. The van der Waals surface area contributed by atoms with E-state index in [-0.39, 0.29) is 0 Å². The van der Waals surface area contributed by atoms with Crippen molar-refractivity contribution in [2.24, 2.45) is 0 Å². The summed E-state index contributed by atoms with van der Waals surface area (Å²) in [5, 5.41) is 9.14. The van der Waals surface area contributed by atoms with E-state index in [0.717, 1.165) is 18.1 Å². The predicted molar refractivity (Wildman–Crippen MR) is 72.6 cm³/mol. The van der Waals surface area contributed by atoms with Gasteiger partial charge in [-0.1, -0.05) is 0 Å². The molecule has 2 rings (SSSR count). The minimum atomic E-state index is 0.573. The lowest BCUT2D eigenvalue weighted by molar-refractivity contribution is 0.314. The van der Waals surface area contributed by atoms with Crippen molar-refractivity contribution in [3.63, 3.8) is 0 Å². The third-order valence-corrected chi connectivity index (χ3v) is 3.65. The molecule has 4 heteroatoms. The zero-order valence-electron chi connectivity index (χ0n) is 11.3. The fraction of sp³-hybridized carbons (Fsp3) is 0.571. The molecule has 0 aliphatic carbocycles. The molecule has 1 aliphatic rings. The van der Waals surface area contributed by atoms with Crippen molar-refractivity contribution < 1.29 is 0 Å². The molecular formula is C14H20N4. The fourth-order valence-corrected chi connectivity index (χ4v) is 2.53. The van der Waals surface area contributed by atoms with Crippen LogP contribution in [0.1, 0.15) is 24.1 Å². The molecule has 0 saturated carbocycles. The average Bonchev–Trinajstić information content (AvgIpc) is 2.75. The van der Waals surface area contributed by atoms with Gasteiger partial charge in [0.2, 0.25) is 0 Å². The molecule has 0 spiro atoms. The van der Waals surface area contributed by atoms with Gasteiger partial charge in [0.25, 0.3) is 0 Å². The van der Waals surface area contributed by atoms with E-state index in [4.69, 9.17) is 5.26 Å². The molecule has 1 aromatic rings. The summed E-state index contributed by atoms with van der Waals surface area (Å²) in [4.78, 5) is 8.99. The van der Waals surface area contributed by atoms with Gasteiger partial charge >= 0.3 is 0 Å². The van der Waals surface area contributed by atoms with Crippen molar-refractivity contribution in [1.82, 2.24) is 9.88 Å². The van der Waals surface area contributed by atoms with Crippen LogP contribution in [0.2, 0.25) is 0 Å². The second kappa shape index (κ2) is 5.36. The molecule has 1 aromatic heterocycles. The van der Waals surface area contributed by atoms with Gasteiger partial charge in [-0.2, -0.15) is 5.26 Å². The Morgan fingerprint density at radius 3 is 2.94 bits per heavy atom. The van der Waals surface area contributed by atoms with Crippen LogP contribution in [0, 0.1) is 18.3 Å². The first-order chi connectivity index (χ1) is 8.61. The lowest BCUT2D eigenvalue weighted by Crippen LogP contribution is -2.37. The van der Waals surface area contributed by atoms with Crippen molar-refractivity contribution in [1.29, 1.82) is 5.26 Å². The van der Waals surface area contributed by atoms with Crippen LogP contribution in [0.4, 0.5) is 5.82 Å². The molecular weight excluding hydrogens is 224 g/mol. The normalized spacial score (nSPS) is 19.8. The maximum absolute atomic E-state index is 9.14. The third kappa shape index (κ3) is 2.62. The lowest BCUT2D eigenvalue weighted by atomic mass is 10.2. The molecule has 96 valence electrons. The van der Waals surface area contributed by atoms with Crippen LogP contribution in [-0.2, 0) is 0 Å². The maximum Gasteiger partial charge on any atom is 0.146 e. The molecule has 2 heterocycles. The average molecular weight is 244 g/mol. The van der Waals surface area contributed by atoms with Gasteiger partial charge in [0.15, 0.2) is 0 Å². The molecule has 1 atom stereocenters. The summed E-state index contributed by atoms with van der Waals surface area (Å²) in [5.74, 6) is 0.804. The number of rotatable bonds is 3.